The molecule has 1 saturated carbocycles. The van der Waals surface area contributed by atoms with E-state index >= 15 is 0 Å². The lowest BCUT2D eigenvalue weighted by molar-refractivity contribution is 0.0976. The summed E-state index contributed by atoms with van der Waals surface area (Å²) in [6.07, 6.45) is 5.31. The van der Waals surface area contributed by atoms with Crippen LogP contribution in [0, 0.1) is 5.92 Å². The molecule has 2 heteroatoms. The van der Waals surface area contributed by atoms with Crippen molar-refractivity contribution >= 4 is 5.78 Å². The Labute approximate surface area is 95.6 Å². The normalized spacial score (nSPS) is 18.8. The maximum Gasteiger partial charge on any atom is 0.163 e. The molecule has 1 heterocycles. The first-order chi connectivity index (χ1) is 7.83. The Hall–Kier alpha value is -1.31. The van der Waals surface area contributed by atoms with E-state index in [0.29, 0.717) is 11.7 Å². The van der Waals surface area contributed by atoms with Gasteiger partial charge in [0.15, 0.2) is 5.78 Å². The van der Waals surface area contributed by atoms with Gasteiger partial charge in [-0.05, 0) is 55.4 Å². The van der Waals surface area contributed by atoms with E-state index in [1.807, 2.05) is 18.2 Å². The van der Waals surface area contributed by atoms with Gasteiger partial charge in [0, 0.05) is 12.0 Å². The Morgan fingerprint density at radius 2 is 2.25 bits per heavy atom. The Balaban J connectivity index is 1.81. The molecule has 1 aromatic carbocycles. The number of carbonyl (C=O) groups excluding carboxylic acids is 1. The molecule has 2 nitrogen and oxygen atoms in total. The van der Waals surface area contributed by atoms with E-state index in [-0.39, 0.29) is 0 Å². The monoisotopic (exact) mass is 216 g/mol. The zero-order valence-corrected chi connectivity index (χ0v) is 9.37. The first-order valence-corrected chi connectivity index (χ1v) is 6.12. The number of hydrogen-bond acceptors (Lipinski definition) is 2. The third kappa shape index (κ3) is 1.97. The van der Waals surface area contributed by atoms with Crippen molar-refractivity contribution in [3.05, 3.63) is 29.3 Å². The first-order valence-electron chi connectivity index (χ1n) is 6.12. The Kier molecular flexibility index (Phi) is 2.43. The van der Waals surface area contributed by atoms with Gasteiger partial charge in [-0.25, -0.2) is 0 Å². The third-order valence-electron chi connectivity index (χ3n) is 3.40. The van der Waals surface area contributed by atoms with Crippen LogP contribution in [-0.2, 0) is 6.42 Å². The molecule has 0 N–H and O–H groups in total. The van der Waals surface area contributed by atoms with Gasteiger partial charge in [0.25, 0.3) is 0 Å². The van der Waals surface area contributed by atoms with Crippen molar-refractivity contribution in [2.24, 2.45) is 5.92 Å². The lowest BCUT2D eigenvalue weighted by Crippen LogP contribution is -2.10. The average Bonchev–Trinajstić information content (AvgIpc) is 3.12. The van der Waals surface area contributed by atoms with Crippen molar-refractivity contribution in [1.29, 1.82) is 0 Å². The van der Waals surface area contributed by atoms with Crippen LogP contribution in [0.3, 0.4) is 0 Å². The Morgan fingerprint density at radius 3 is 3.06 bits per heavy atom. The van der Waals surface area contributed by atoms with Gasteiger partial charge in [-0.1, -0.05) is 0 Å². The summed E-state index contributed by atoms with van der Waals surface area (Å²) in [5.41, 5.74) is 2.07. The van der Waals surface area contributed by atoms with E-state index in [9.17, 15) is 4.79 Å². The van der Waals surface area contributed by atoms with Gasteiger partial charge in [-0.2, -0.15) is 0 Å². The highest BCUT2D eigenvalue weighted by molar-refractivity contribution is 5.96. The molecule has 0 unspecified atom stereocenters. The number of ketones is 1. The van der Waals surface area contributed by atoms with Crippen LogP contribution in [0.15, 0.2) is 18.2 Å². The summed E-state index contributed by atoms with van der Waals surface area (Å²) in [5, 5.41) is 0. The fraction of sp³-hybridized carbons (Fsp3) is 0.500. The second-order valence-electron chi connectivity index (χ2n) is 4.85. The van der Waals surface area contributed by atoms with E-state index in [0.717, 1.165) is 37.2 Å². The Morgan fingerprint density at radius 1 is 1.38 bits per heavy atom. The minimum absolute atomic E-state index is 0.302. The van der Waals surface area contributed by atoms with Crippen LogP contribution < -0.4 is 4.74 Å². The molecular formula is C14H16O2. The van der Waals surface area contributed by atoms with Gasteiger partial charge in [-0.15, -0.1) is 0 Å². The largest absolute Gasteiger partial charge is 0.493 e. The number of aryl methyl sites for hydroxylation is 1. The van der Waals surface area contributed by atoms with Crippen LogP contribution in [0.1, 0.15) is 41.6 Å². The number of benzene rings is 1. The van der Waals surface area contributed by atoms with Gasteiger partial charge >= 0.3 is 0 Å². The highest BCUT2D eigenvalue weighted by Gasteiger charge is 2.25. The summed E-state index contributed by atoms with van der Waals surface area (Å²) < 4.78 is 5.54. The molecule has 3 rings (SSSR count). The molecule has 0 amide bonds. The van der Waals surface area contributed by atoms with Crippen LogP contribution in [0.5, 0.6) is 5.75 Å². The smallest absolute Gasteiger partial charge is 0.163 e. The van der Waals surface area contributed by atoms with Crippen LogP contribution in [0.2, 0.25) is 0 Å². The van der Waals surface area contributed by atoms with Crippen LogP contribution in [0.25, 0.3) is 0 Å². The average molecular weight is 216 g/mol. The van der Waals surface area contributed by atoms with Crippen molar-refractivity contribution < 1.29 is 9.53 Å². The van der Waals surface area contributed by atoms with Crippen molar-refractivity contribution in [3.63, 3.8) is 0 Å². The zero-order chi connectivity index (χ0) is 11.0. The molecule has 0 bridgehead atoms. The number of ether oxygens (including phenoxy) is 1. The summed E-state index contributed by atoms with van der Waals surface area (Å²) in [6, 6.07) is 5.89. The number of hydrogen-bond donors (Lipinski definition) is 0. The summed E-state index contributed by atoms with van der Waals surface area (Å²) in [6.45, 7) is 0.808. The van der Waals surface area contributed by atoms with E-state index in [1.165, 1.54) is 18.4 Å². The molecule has 1 fully saturated rings. The molecule has 1 aliphatic carbocycles. The van der Waals surface area contributed by atoms with Crippen LogP contribution in [0.4, 0.5) is 0 Å². The predicted octanol–water partition coefficient (Wildman–Crippen LogP) is 2.99. The van der Waals surface area contributed by atoms with Gasteiger partial charge < -0.3 is 4.74 Å². The van der Waals surface area contributed by atoms with E-state index in [4.69, 9.17) is 4.74 Å². The lowest BCUT2D eigenvalue weighted by Gasteiger charge is -2.17. The molecule has 2 aliphatic rings. The van der Waals surface area contributed by atoms with Gasteiger partial charge in [0.2, 0.25) is 0 Å². The molecule has 0 saturated heterocycles. The molecular weight excluding hydrogens is 200 g/mol. The van der Waals surface area contributed by atoms with Crippen molar-refractivity contribution in [2.75, 3.05) is 6.61 Å². The zero-order valence-electron chi connectivity index (χ0n) is 9.37. The number of Topliss-reactive ketones (excluding diaryl/α,β-unsaturated/α-hetero) is 1. The van der Waals surface area contributed by atoms with Crippen molar-refractivity contribution in [1.82, 2.24) is 0 Å². The lowest BCUT2D eigenvalue weighted by atomic mass is 9.99. The summed E-state index contributed by atoms with van der Waals surface area (Å²) in [7, 11) is 0. The standard InChI is InChI=1S/C14H16O2/c15-13(8-10-3-4-10)11-5-6-14-12(9-11)2-1-7-16-14/h5-6,9-10H,1-4,7-8H2. The fourth-order valence-electron chi connectivity index (χ4n) is 2.24. The highest BCUT2D eigenvalue weighted by Crippen LogP contribution is 2.34. The first kappa shape index (κ1) is 9.88. The van der Waals surface area contributed by atoms with E-state index in [2.05, 4.69) is 0 Å². The van der Waals surface area contributed by atoms with E-state index in [1.54, 1.807) is 0 Å². The molecule has 16 heavy (non-hydrogen) atoms. The Bertz CT molecular complexity index is 419. The van der Waals surface area contributed by atoms with Gasteiger partial charge in [-0.3, -0.25) is 4.79 Å². The summed E-state index contributed by atoms with van der Waals surface area (Å²) in [5.74, 6) is 1.94. The third-order valence-corrected chi connectivity index (χ3v) is 3.40. The van der Waals surface area contributed by atoms with Gasteiger partial charge in [0.1, 0.15) is 5.75 Å². The van der Waals surface area contributed by atoms with Crippen molar-refractivity contribution in [2.45, 2.75) is 32.1 Å². The number of rotatable bonds is 3. The SMILES string of the molecule is O=C(CC1CC1)c1ccc2c(c1)CCCO2. The predicted molar refractivity (Wildman–Crippen MR) is 61.9 cm³/mol. The van der Waals surface area contributed by atoms with Crippen molar-refractivity contribution in [3.8, 4) is 5.75 Å². The molecule has 0 aromatic heterocycles. The topological polar surface area (TPSA) is 26.3 Å². The maximum atomic E-state index is 11.9. The second-order valence-corrected chi connectivity index (χ2v) is 4.85. The minimum Gasteiger partial charge on any atom is -0.493 e. The second kappa shape index (κ2) is 3.93. The molecule has 0 atom stereocenters. The molecule has 84 valence electrons. The fourth-order valence-corrected chi connectivity index (χ4v) is 2.24. The van der Waals surface area contributed by atoms with Crippen LogP contribution in [-0.4, -0.2) is 12.4 Å². The molecule has 1 aromatic rings. The highest BCUT2D eigenvalue weighted by atomic mass is 16.5. The summed E-state index contributed by atoms with van der Waals surface area (Å²) >= 11 is 0. The quantitative estimate of drug-likeness (QED) is 0.726. The minimum atomic E-state index is 0.302. The van der Waals surface area contributed by atoms with E-state index < -0.39 is 0 Å². The molecule has 0 radical (unpaired) electrons. The van der Waals surface area contributed by atoms with Crippen LogP contribution >= 0.6 is 0 Å². The number of carbonyl (C=O) groups is 1. The number of fused-ring (bicyclic) bond motifs is 1. The summed E-state index contributed by atoms with van der Waals surface area (Å²) in [4.78, 5) is 11.9. The van der Waals surface area contributed by atoms with Gasteiger partial charge in [0.05, 0.1) is 6.61 Å². The molecule has 0 spiro atoms. The maximum absolute atomic E-state index is 11.9. The molecule has 1 aliphatic heterocycles.